The van der Waals surface area contributed by atoms with E-state index in [9.17, 15) is 4.79 Å². The number of hydrogen-bond acceptors (Lipinski definition) is 2. The summed E-state index contributed by atoms with van der Waals surface area (Å²) in [6, 6.07) is 8.81. The van der Waals surface area contributed by atoms with E-state index in [1.165, 1.54) is 24.0 Å². The lowest BCUT2D eigenvalue weighted by molar-refractivity contribution is 0.170. The first-order chi connectivity index (χ1) is 10.7. The fourth-order valence-corrected chi connectivity index (χ4v) is 3.09. The van der Waals surface area contributed by atoms with Crippen molar-refractivity contribution in [3.8, 4) is 0 Å². The van der Waals surface area contributed by atoms with Gasteiger partial charge in [0, 0.05) is 26.8 Å². The molecule has 1 heterocycles. The summed E-state index contributed by atoms with van der Waals surface area (Å²) < 4.78 is 5.03. The number of nitrogens with zero attached hydrogens (tertiary/aromatic N) is 1. The van der Waals surface area contributed by atoms with Gasteiger partial charge in [-0.25, -0.2) is 4.79 Å². The zero-order valence-corrected chi connectivity index (χ0v) is 13.8. The molecule has 1 aliphatic rings. The van der Waals surface area contributed by atoms with E-state index in [0.29, 0.717) is 13.2 Å². The first-order valence-electron chi connectivity index (χ1n) is 8.32. The van der Waals surface area contributed by atoms with E-state index in [4.69, 9.17) is 4.74 Å². The second-order valence-corrected chi connectivity index (χ2v) is 6.05. The summed E-state index contributed by atoms with van der Waals surface area (Å²) >= 11 is 0. The molecule has 1 unspecified atom stereocenters. The van der Waals surface area contributed by atoms with E-state index in [1.807, 2.05) is 4.90 Å². The van der Waals surface area contributed by atoms with Gasteiger partial charge in [0.1, 0.15) is 0 Å². The van der Waals surface area contributed by atoms with Crippen molar-refractivity contribution in [3.05, 3.63) is 35.4 Å². The molecule has 1 N–H and O–H groups in total. The Balaban J connectivity index is 2.05. The standard InChI is InChI=1S/C18H28N2O2/c1-15-8-6-9-16(14-15)17-10-4-3-5-12-20(17)18(21)19-11-7-13-22-2/h6,8-9,14,17H,3-5,7,10-13H2,1-2H3,(H,19,21). The van der Waals surface area contributed by atoms with Crippen molar-refractivity contribution in [2.75, 3.05) is 26.8 Å². The zero-order valence-electron chi connectivity index (χ0n) is 13.8. The molecule has 0 bridgehead atoms. The fourth-order valence-electron chi connectivity index (χ4n) is 3.09. The van der Waals surface area contributed by atoms with Gasteiger partial charge in [0.15, 0.2) is 0 Å². The van der Waals surface area contributed by atoms with Crippen molar-refractivity contribution >= 4 is 6.03 Å². The highest BCUT2D eigenvalue weighted by Gasteiger charge is 2.26. The molecule has 22 heavy (non-hydrogen) atoms. The number of likely N-dealkylation sites (tertiary alicyclic amines) is 1. The van der Waals surface area contributed by atoms with Crippen LogP contribution in [-0.4, -0.2) is 37.7 Å². The lowest BCUT2D eigenvalue weighted by Crippen LogP contribution is -2.42. The molecule has 1 aliphatic heterocycles. The molecule has 0 spiro atoms. The summed E-state index contributed by atoms with van der Waals surface area (Å²) in [6.07, 6.45) is 5.38. The first kappa shape index (κ1) is 16.8. The molecule has 1 aromatic carbocycles. The van der Waals surface area contributed by atoms with Crippen molar-refractivity contribution in [1.82, 2.24) is 10.2 Å². The molecule has 1 aromatic rings. The number of amides is 2. The van der Waals surface area contributed by atoms with Crippen LogP contribution in [0.2, 0.25) is 0 Å². The Morgan fingerprint density at radius 1 is 1.36 bits per heavy atom. The van der Waals surface area contributed by atoms with Crippen LogP contribution in [0.4, 0.5) is 4.79 Å². The number of carbonyl (C=O) groups is 1. The smallest absolute Gasteiger partial charge is 0.317 e. The van der Waals surface area contributed by atoms with Crippen LogP contribution in [0.5, 0.6) is 0 Å². The lowest BCUT2D eigenvalue weighted by Gasteiger charge is -2.30. The minimum Gasteiger partial charge on any atom is -0.385 e. The Labute approximate surface area is 133 Å². The summed E-state index contributed by atoms with van der Waals surface area (Å²) in [5, 5.41) is 3.04. The maximum Gasteiger partial charge on any atom is 0.317 e. The molecule has 4 heteroatoms. The van der Waals surface area contributed by atoms with Gasteiger partial charge in [-0.05, 0) is 31.7 Å². The molecule has 2 amide bonds. The number of hydrogen-bond donors (Lipinski definition) is 1. The van der Waals surface area contributed by atoms with Gasteiger partial charge in [-0.3, -0.25) is 0 Å². The van der Waals surface area contributed by atoms with Gasteiger partial charge < -0.3 is 15.0 Å². The Morgan fingerprint density at radius 2 is 2.23 bits per heavy atom. The number of carbonyl (C=O) groups excluding carboxylic acids is 1. The number of nitrogens with one attached hydrogen (secondary N) is 1. The van der Waals surface area contributed by atoms with Crippen LogP contribution in [0.1, 0.15) is 49.3 Å². The van der Waals surface area contributed by atoms with E-state index in [1.54, 1.807) is 7.11 Å². The third-order valence-corrected chi connectivity index (χ3v) is 4.24. The van der Waals surface area contributed by atoms with Crippen LogP contribution >= 0.6 is 0 Å². The molecule has 1 atom stereocenters. The molecule has 2 rings (SSSR count). The van der Waals surface area contributed by atoms with Crippen molar-refractivity contribution in [3.63, 3.8) is 0 Å². The highest BCUT2D eigenvalue weighted by Crippen LogP contribution is 2.30. The van der Waals surface area contributed by atoms with Gasteiger partial charge in [-0.1, -0.05) is 42.7 Å². The van der Waals surface area contributed by atoms with Gasteiger partial charge in [-0.15, -0.1) is 0 Å². The number of methoxy groups -OCH3 is 1. The largest absolute Gasteiger partial charge is 0.385 e. The normalized spacial score (nSPS) is 18.8. The molecule has 0 aromatic heterocycles. The minimum absolute atomic E-state index is 0.0597. The Kier molecular flexibility index (Phi) is 6.72. The van der Waals surface area contributed by atoms with E-state index >= 15 is 0 Å². The van der Waals surface area contributed by atoms with Crippen LogP contribution in [-0.2, 0) is 4.74 Å². The highest BCUT2D eigenvalue weighted by atomic mass is 16.5. The van der Waals surface area contributed by atoms with Crippen LogP contribution < -0.4 is 5.32 Å². The molecule has 1 fully saturated rings. The second kappa shape index (κ2) is 8.79. The summed E-state index contributed by atoms with van der Waals surface area (Å²) in [4.78, 5) is 14.6. The van der Waals surface area contributed by atoms with E-state index in [2.05, 4.69) is 36.5 Å². The van der Waals surface area contributed by atoms with Crippen LogP contribution in [0, 0.1) is 6.92 Å². The second-order valence-electron chi connectivity index (χ2n) is 6.05. The maximum absolute atomic E-state index is 12.6. The predicted octanol–water partition coefficient (Wildman–Crippen LogP) is 3.66. The van der Waals surface area contributed by atoms with Crippen molar-refractivity contribution in [2.45, 2.75) is 45.1 Å². The fraction of sp³-hybridized carbons (Fsp3) is 0.611. The van der Waals surface area contributed by atoms with Gasteiger partial charge in [-0.2, -0.15) is 0 Å². The quantitative estimate of drug-likeness (QED) is 0.844. The third-order valence-electron chi connectivity index (χ3n) is 4.24. The summed E-state index contributed by atoms with van der Waals surface area (Å²) in [5.41, 5.74) is 2.51. The van der Waals surface area contributed by atoms with Crippen molar-refractivity contribution in [2.24, 2.45) is 0 Å². The van der Waals surface area contributed by atoms with Crippen LogP contribution in [0.3, 0.4) is 0 Å². The first-order valence-corrected chi connectivity index (χ1v) is 8.32. The third kappa shape index (κ3) is 4.73. The lowest BCUT2D eigenvalue weighted by atomic mass is 9.99. The number of ether oxygens (including phenoxy) is 1. The molecule has 0 aliphatic carbocycles. The van der Waals surface area contributed by atoms with E-state index in [-0.39, 0.29) is 12.1 Å². The van der Waals surface area contributed by atoms with Gasteiger partial charge >= 0.3 is 6.03 Å². The maximum atomic E-state index is 12.6. The summed E-state index contributed by atoms with van der Waals surface area (Å²) in [5.74, 6) is 0. The monoisotopic (exact) mass is 304 g/mol. The van der Waals surface area contributed by atoms with Crippen molar-refractivity contribution < 1.29 is 9.53 Å². The Morgan fingerprint density at radius 3 is 3.00 bits per heavy atom. The molecule has 1 saturated heterocycles. The van der Waals surface area contributed by atoms with Gasteiger partial charge in [0.05, 0.1) is 6.04 Å². The van der Waals surface area contributed by atoms with E-state index in [0.717, 1.165) is 25.8 Å². The molecule has 4 nitrogen and oxygen atoms in total. The molecule has 0 radical (unpaired) electrons. The molecule has 0 saturated carbocycles. The molecular formula is C18H28N2O2. The minimum atomic E-state index is 0.0597. The van der Waals surface area contributed by atoms with Crippen molar-refractivity contribution in [1.29, 1.82) is 0 Å². The predicted molar refractivity (Wildman–Crippen MR) is 89.0 cm³/mol. The Bertz CT molecular complexity index is 476. The highest BCUT2D eigenvalue weighted by molar-refractivity contribution is 5.74. The molecule has 122 valence electrons. The average Bonchev–Trinajstić information content (AvgIpc) is 2.77. The van der Waals surface area contributed by atoms with Gasteiger partial charge in [0.25, 0.3) is 0 Å². The number of benzene rings is 1. The number of aryl methyl sites for hydroxylation is 1. The zero-order chi connectivity index (χ0) is 15.8. The Hall–Kier alpha value is -1.55. The number of rotatable bonds is 5. The van der Waals surface area contributed by atoms with Crippen LogP contribution in [0.25, 0.3) is 0 Å². The average molecular weight is 304 g/mol. The summed E-state index contributed by atoms with van der Waals surface area (Å²) in [6.45, 7) is 4.30. The summed E-state index contributed by atoms with van der Waals surface area (Å²) in [7, 11) is 1.68. The van der Waals surface area contributed by atoms with Crippen LogP contribution in [0.15, 0.2) is 24.3 Å². The van der Waals surface area contributed by atoms with Gasteiger partial charge in [0.2, 0.25) is 0 Å². The van der Waals surface area contributed by atoms with E-state index < -0.39 is 0 Å². The number of urea groups is 1. The topological polar surface area (TPSA) is 41.6 Å². The SMILES string of the molecule is COCCCNC(=O)N1CCCCCC1c1cccc(C)c1. The molecular weight excluding hydrogens is 276 g/mol.